The lowest BCUT2D eigenvalue weighted by atomic mass is 9.96. The van der Waals surface area contributed by atoms with Crippen molar-refractivity contribution in [1.29, 1.82) is 0 Å². The first-order chi connectivity index (χ1) is 9.86. The number of nitrogens with two attached hydrogens (primary N) is 1. The number of aliphatic hydroxyl groups is 3. The molecular weight excluding hydrogens is 296 g/mol. The van der Waals surface area contributed by atoms with Gasteiger partial charge in [-0.15, -0.1) is 11.8 Å². The van der Waals surface area contributed by atoms with Gasteiger partial charge >= 0.3 is 0 Å². The van der Waals surface area contributed by atoms with Gasteiger partial charge in [-0.1, -0.05) is 0 Å². The molecule has 0 radical (unpaired) electrons. The minimum atomic E-state index is -1.47. The van der Waals surface area contributed by atoms with E-state index in [2.05, 4.69) is 9.97 Å². The third-order valence-electron chi connectivity index (χ3n) is 3.79. The van der Waals surface area contributed by atoms with Crippen LogP contribution in [0.2, 0.25) is 0 Å². The number of anilines is 1. The Morgan fingerprint density at radius 1 is 1.62 bits per heavy atom. The van der Waals surface area contributed by atoms with Gasteiger partial charge in [-0.2, -0.15) is 4.98 Å². The fourth-order valence-corrected chi connectivity index (χ4v) is 4.20. The van der Waals surface area contributed by atoms with E-state index in [-0.39, 0.29) is 18.1 Å². The Hall–Kier alpha value is -1.55. The van der Waals surface area contributed by atoms with Crippen molar-refractivity contribution in [2.45, 2.75) is 29.3 Å². The summed E-state index contributed by atoms with van der Waals surface area (Å²) in [5.41, 5.74) is 4.06. The third kappa shape index (κ3) is 2.04. The van der Waals surface area contributed by atoms with E-state index >= 15 is 0 Å². The summed E-state index contributed by atoms with van der Waals surface area (Å²) in [7, 11) is 0. The number of thioether (sulfide) groups is 1. The van der Waals surface area contributed by atoms with Gasteiger partial charge in [0.1, 0.15) is 11.0 Å². The van der Waals surface area contributed by atoms with Crippen molar-refractivity contribution in [1.82, 2.24) is 14.5 Å². The van der Waals surface area contributed by atoms with Crippen LogP contribution in [0.15, 0.2) is 17.1 Å². The Bertz CT molecular complexity index is 740. The maximum atomic E-state index is 11.8. The molecular formula is C12H16N4O4S. The average Bonchev–Trinajstić information content (AvgIpc) is 2.91. The van der Waals surface area contributed by atoms with Gasteiger partial charge in [0.15, 0.2) is 5.65 Å². The van der Waals surface area contributed by atoms with Crippen LogP contribution in [0.1, 0.15) is 12.3 Å². The number of nitrogens with one attached hydrogen (secondary N) is 1. The lowest BCUT2D eigenvalue weighted by molar-refractivity contribution is -0.0671. The smallest absolute Gasteiger partial charge is 0.261 e. The summed E-state index contributed by atoms with van der Waals surface area (Å²) in [5.74, 6) is -0.0191. The van der Waals surface area contributed by atoms with Crippen LogP contribution >= 0.6 is 11.8 Å². The molecule has 1 saturated heterocycles. The van der Waals surface area contributed by atoms with E-state index in [0.29, 0.717) is 11.0 Å². The fraction of sp³-hybridized carbons (Fsp3) is 0.500. The summed E-state index contributed by atoms with van der Waals surface area (Å²) in [6, 6.07) is 1.58. The lowest BCUT2D eigenvalue weighted by Gasteiger charge is -2.29. The second-order valence-electron chi connectivity index (χ2n) is 5.29. The van der Waals surface area contributed by atoms with E-state index in [0.717, 1.165) is 0 Å². The maximum absolute atomic E-state index is 11.8. The predicted octanol–water partition coefficient (Wildman–Crippen LogP) is -0.975. The summed E-state index contributed by atoms with van der Waals surface area (Å²) in [6.45, 7) is 1.24. The van der Waals surface area contributed by atoms with E-state index in [4.69, 9.17) is 5.73 Å². The zero-order chi connectivity index (χ0) is 15.4. The highest BCUT2D eigenvalue weighted by Gasteiger charge is 2.52. The van der Waals surface area contributed by atoms with Gasteiger partial charge in [-0.05, 0) is 13.0 Å². The summed E-state index contributed by atoms with van der Waals surface area (Å²) in [4.78, 5) is 18.3. The lowest BCUT2D eigenvalue weighted by Crippen LogP contribution is -2.44. The molecule has 3 rings (SSSR count). The Labute approximate surface area is 123 Å². The highest BCUT2D eigenvalue weighted by atomic mass is 32.2. The van der Waals surface area contributed by atoms with Crippen molar-refractivity contribution in [3.8, 4) is 0 Å². The van der Waals surface area contributed by atoms with Crippen molar-refractivity contribution in [2.75, 3.05) is 12.3 Å². The predicted molar refractivity (Wildman–Crippen MR) is 78.9 cm³/mol. The Kier molecular flexibility index (Phi) is 3.24. The summed E-state index contributed by atoms with van der Waals surface area (Å²) >= 11 is 1.23. The number of rotatable bonds is 2. The minimum Gasteiger partial charge on any atom is -0.395 e. The Morgan fingerprint density at radius 3 is 2.95 bits per heavy atom. The number of nitrogen functional groups attached to an aromatic ring is 1. The number of hydrogen-bond acceptors (Lipinski definition) is 7. The molecule has 3 heterocycles. The van der Waals surface area contributed by atoms with Crippen LogP contribution < -0.4 is 11.3 Å². The topological polar surface area (TPSA) is 137 Å². The number of H-pyrrole nitrogens is 1. The van der Waals surface area contributed by atoms with Crippen molar-refractivity contribution in [2.24, 2.45) is 0 Å². The Balaban J connectivity index is 2.15. The van der Waals surface area contributed by atoms with Crippen LogP contribution in [0.5, 0.6) is 0 Å². The molecule has 0 spiro atoms. The second kappa shape index (κ2) is 4.73. The normalized spacial score (nSPS) is 32.9. The second-order valence-corrected chi connectivity index (χ2v) is 6.62. The van der Waals surface area contributed by atoms with E-state index in [1.165, 1.54) is 18.7 Å². The molecule has 2 aromatic heterocycles. The Morgan fingerprint density at radius 2 is 2.33 bits per heavy atom. The standard InChI is InChI=1S/C12H16N4O4S/c1-12(20)7(18)6(4-17)21-10(12)16-3-2-5-8(16)14-11(13)15-9(5)19/h2-3,6-7,10,17-18,20H,4H2,1H3,(H3,13,14,15,19)/t6-,7+,10-,12+/m0/s1. The number of nitrogens with zero attached hydrogens (tertiary/aromatic N) is 2. The summed E-state index contributed by atoms with van der Waals surface area (Å²) in [6.07, 6.45) is 0.527. The summed E-state index contributed by atoms with van der Waals surface area (Å²) < 4.78 is 1.60. The monoisotopic (exact) mass is 312 g/mol. The third-order valence-corrected chi connectivity index (χ3v) is 5.51. The largest absolute Gasteiger partial charge is 0.395 e. The summed E-state index contributed by atoms with van der Waals surface area (Å²) in [5, 5.41) is 29.2. The molecule has 2 aromatic rings. The highest BCUT2D eigenvalue weighted by Crippen LogP contribution is 2.49. The molecule has 0 unspecified atom stereocenters. The van der Waals surface area contributed by atoms with Crippen LogP contribution in [0.4, 0.5) is 5.95 Å². The number of aromatic amines is 1. The van der Waals surface area contributed by atoms with Gasteiger partial charge in [0, 0.05) is 6.20 Å². The van der Waals surface area contributed by atoms with Crippen LogP contribution in [-0.2, 0) is 0 Å². The van der Waals surface area contributed by atoms with Crippen molar-refractivity contribution in [3.63, 3.8) is 0 Å². The molecule has 21 heavy (non-hydrogen) atoms. The minimum absolute atomic E-state index is 0.0191. The molecule has 9 heteroatoms. The number of hydrogen-bond donors (Lipinski definition) is 5. The first kappa shape index (κ1) is 14.4. The van der Waals surface area contributed by atoms with Gasteiger partial charge < -0.3 is 25.6 Å². The molecule has 6 N–H and O–H groups in total. The molecule has 4 atom stereocenters. The van der Waals surface area contributed by atoms with Gasteiger partial charge in [-0.3, -0.25) is 9.78 Å². The molecule has 114 valence electrons. The fourth-order valence-electron chi connectivity index (χ4n) is 2.64. The number of aromatic nitrogens is 3. The van der Waals surface area contributed by atoms with Gasteiger partial charge in [0.2, 0.25) is 5.95 Å². The van der Waals surface area contributed by atoms with E-state index in [1.54, 1.807) is 16.8 Å². The molecule has 0 bridgehead atoms. The van der Waals surface area contributed by atoms with E-state index in [1.807, 2.05) is 0 Å². The number of aliphatic hydroxyl groups excluding tert-OH is 2. The molecule has 1 fully saturated rings. The van der Waals surface area contributed by atoms with Crippen molar-refractivity contribution < 1.29 is 15.3 Å². The van der Waals surface area contributed by atoms with Crippen LogP contribution in [-0.4, -0.2) is 53.4 Å². The molecule has 8 nitrogen and oxygen atoms in total. The van der Waals surface area contributed by atoms with Crippen LogP contribution in [0.3, 0.4) is 0 Å². The average molecular weight is 312 g/mol. The van der Waals surface area contributed by atoms with Gasteiger partial charge in [0.05, 0.1) is 23.3 Å². The molecule has 1 aliphatic rings. The van der Waals surface area contributed by atoms with Crippen molar-refractivity contribution >= 4 is 28.7 Å². The molecule has 0 amide bonds. The van der Waals surface area contributed by atoms with E-state index in [9.17, 15) is 20.1 Å². The highest BCUT2D eigenvalue weighted by molar-refractivity contribution is 8.00. The van der Waals surface area contributed by atoms with Crippen LogP contribution in [0, 0.1) is 0 Å². The molecule has 0 aliphatic carbocycles. The SMILES string of the molecule is C[C@@]1(O)[C@H](O)[C@H](CO)S[C@@H]1n1ccc2c(=O)[nH]c(N)nc21. The first-order valence-electron chi connectivity index (χ1n) is 6.39. The zero-order valence-corrected chi connectivity index (χ0v) is 12.0. The first-order valence-corrected chi connectivity index (χ1v) is 7.33. The van der Waals surface area contributed by atoms with Crippen LogP contribution in [0.25, 0.3) is 11.0 Å². The quantitative estimate of drug-likeness (QED) is 0.481. The molecule has 0 saturated carbocycles. The zero-order valence-electron chi connectivity index (χ0n) is 11.2. The van der Waals surface area contributed by atoms with Gasteiger partial charge in [0.25, 0.3) is 5.56 Å². The van der Waals surface area contributed by atoms with Crippen molar-refractivity contribution in [3.05, 3.63) is 22.6 Å². The maximum Gasteiger partial charge on any atom is 0.261 e. The van der Waals surface area contributed by atoms with Gasteiger partial charge in [-0.25, -0.2) is 0 Å². The molecule has 1 aliphatic heterocycles. The number of fused-ring (bicyclic) bond motifs is 1. The molecule has 0 aromatic carbocycles. The van der Waals surface area contributed by atoms with E-state index < -0.39 is 22.3 Å².